The van der Waals surface area contributed by atoms with Gasteiger partial charge in [0.2, 0.25) is 15.5 Å². The Morgan fingerprint density at radius 3 is 1.59 bits per heavy atom. The van der Waals surface area contributed by atoms with Crippen molar-refractivity contribution in [2.45, 2.75) is 112 Å². The molecule has 0 bridgehead atoms. The van der Waals surface area contributed by atoms with Crippen LogP contribution >= 0.6 is 24.4 Å². The van der Waals surface area contributed by atoms with Gasteiger partial charge in [-0.15, -0.1) is 0 Å². The van der Waals surface area contributed by atoms with Gasteiger partial charge in [0, 0.05) is 68.3 Å². The zero-order valence-corrected chi connectivity index (χ0v) is 38.7. The third kappa shape index (κ3) is 11.6. The molecule has 0 radical (unpaired) electrons. The molecule has 0 spiro atoms. The topological polar surface area (TPSA) is 191 Å². The molecular formula is C39H62N16OS2. The number of aryl methyl sites for hydroxylation is 1. The Morgan fingerprint density at radius 2 is 1.10 bits per heavy atom. The smallest absolute Gasteiger partial charge is 0.280 e. The predicted octanol–water partition coefficient (Wildman–Crippen LogP) is 7.67. The Morgan fingerprint density at radius 1 is 0.586 bits per heavy atom. The van der Waals surface area contributed by atoms with Crippen molar-refractivity contribution >= 4 is 70.2 Å². The molecule has 0 aliphatic heterocycles. The molecule has 0 fully saturated rings. The van der Waals surface area contributed by atoms with Gasteiger partial charge in [0.05, 0.1) is 12.7 Å². The van der Waals surface area contributed by atoms with Gasteiger partial charge in [0.15, 0.2) is 22.6 Å². The van der Waals surface area contributed by atoms with E-state index >= 15 is 0 Å². The van der Waals surface area contributed by atoms with E-state index in [1.54, 1.807) is 26.0 Å². The zero-order chi connectivity index (χ0) is 44.0. The summed E-state index contributed by atoms with van der Waals surface area (Å²) >= 11 is 10.4. The Kier molecular flexibility index (Phi) is 15.0. The zero-order valence-electron chi connectivity index (χ0n) is 37.1. The number of H-pyrrole nitrogens is 1. The number of hydrogen-bond donors (Lipinski definition) is 5. The van der Waals surface area contributed by atoms with Crippen molar-refractivity contribution < 1.29 is 0 Å². The molecule has 6 aromatic heterocycles. The quantitative estimate of drug-likeness (QED) is 0.109. The van der Waals surface area contributed by atoms with E-state index < -0.39 is 0 Å². The number of fused-ring (bicyclic) bond motifs is 2. The average molecular weight is 835 g/mol. The highest BCUT2D eigenvalue weighted by atomic mass is 32.1. The van der Waals surface area contributed by atoms with Crippen molar-refractivity contribution in [3.8, 4) is 0 Å². The van der Waals surface area contributed by atoms with Crippen LogP contribution in [0, 0.1) is 16.5 Å². The lowest BCUT2D eigenvalue weighted by molar-refractivity contribution is 0.384. The van der Waals surface area contributed by atoms with Crippen molar-refractivity contribution in [2.24, 2.45) is 0 Å². The van der Waals surface area contributed by atoms with Crippen molar-refractivity contribution in [3.63, 3.8) is 0 Å². The molecule has 0 atom stereocenters. The Balaban J connectivity index is 0.000000208. The predicted molar refractivity (Wildman–Crippen MR) is 243 cm³/mol. The second-order valence-electron chi connectivity index (χ2n) is 17.3. The summed E-state index contributed by atoms with van der Waals surface area (Å²) in [6.45, 7) is 27.1. The highest BCUT2D eigenvalue weighted by molar-refractivity contribution is 7.71. The van der Waals surface area contributed by atoms with Gasteiger partial charge in [-0.05, 0) is 121 Å². The van der Waals surface area contributed by atoms with Crippen LogP contribution in [0.3, 0.4) is 0 Å². The highest BCUT2D eigenvalue weighted by Crippen LogP contribution is 2.24. The number of imidazole rings is 2. The Hall–Kier alpha value is -5.30. The first-order valence-electron chi connectivity index (χ1n) is 18.9. The fraction of sp³-hybridized carbons (Fsp3) is 0.538. The molecule has 0 unspecified atom stereocenters. The number of rotatable bonds is 4. The SMILES string of the molecule is CNc1ccn(C(C)(C)C)c(=S)n1.CNc1nc(=S)n(C(C)(C)C)cc1C.CNc1nc2c(ncn2C(C)(C)C)c(=O)[nH]1.CNc1ncnc2c1ncn2C(C)(C)C. The molecule has 17 nitrogen and oxygen atoms in total. The lowest BCUT2D eigenvalue weighted by Gasteiger charge is -2.24. The van der Waals surface area contributed by atoms with E-state index in [2.05, 4.69) is 123 Å². The molecule has 5 N–H and O–H groups in total. The number of anilines is 4. The molecule has 0 aromatic carbocycles. The minimum atomic E-state index is -0.225. The standard InChI is InChI=1S/C10H15N5O.C10H15N5.C10H17N3S.C9H15N3S/c1-10(2,3)15-5-12-6-7(15)13-9(11-4)14-8(6)16;1-10(2,3)15-6-14-7-8(11-4)12-5-13-9(7)15;1-7-6-13(10(2,3)4)9(14)12-8(7)11-5;1-9(2,3)12-6-5-7(10-4)11-8(12)13/h5H,1-4H3,(H2,11,13,14,16);5-6H,1-4H3,(H,11,12,13);6H,1-5H3,(H,11,12,14);5-6H,1-4H3,(H,10,11,13). The Labute approximate surface area is 351 Å². The number of aromatic amines is 1. The molecule has 6 aromatic rings. The molecule has 6 rings (SSSR count). The summed E-state index contributed by atoms with van der Waals surface area (Å²) in [7, 11) is 7.23. The van der Waals surface area contributed by atoms with Gasteiger partial charge < -0.3 is 39.5 Å². The molecule has 19 heteroatoms. The first-order chi connectivity index (χ1) is 26.8. The minimum Gasteiger partial charge on any atom is -0.373 e. The molecular weight excluding hydrogens is 773 g/mol. The van der Waals surface area contributed by atoms with E-state index in [0.29, 0.717) is 26.7 Å². The van der Waals surface area contributed by atoms with Crippen molar-refractivity contribution in [2.75, 3.05) is 49.5 Å². The summed E-state index contributed by atoms with van der Waals surface area (Å²) < 4.78 is 9.15. The van der Waals surface area contributed by atoms with Crippen LogP contribution in [0.2, 0.25) is 0 Å². The van der Waals surface area contributed by atoms with Crippen LogP contribution in [0.1, 0.15) is 88.6 Å². The number of nitrogens with zero attached hydrogens (tertiary/aromatic N) is 11. The van der Waals surface area contributed by atoms with E-state index in [9.17, 15) is 4.79 Å². The number of aromatic nitrogens is 12. The van der Waals surface area contributed by atoms with Crippen molar-refractivity contribution in [1.29, 1.82) is 0 Å². The summed E-state index contributed by atoms with van der Waals surface area (Å²) in [6, 6.07) is 1.92. The summed E-state index contributed by atoms with van der Waals surface area (Å²) in [6.07, 6.45) is 9.01. The van der Waals surface area contributed by atoms with E-state index in [4.69, 9.17) is 24.4 Å². The minimum absolute atomic E-state index is 0.00362. The summed E-state index contributed by atoms with van der Waals surface area (Å²) in [5.41, 5.74) is 3.34. The van der Waals surface area contributed by atoms with Gasteiger partial charge in [-0.25, -0.2) is 29.9 Å². The largest absolute Gasteiger partial charge is 0.373 e. The fourth-order valence-corrected chi connectivity index (χ4v) is 6.21. The van der Waals surface area contributed by atoms with Gasteiger partial charge in [0.1, 0.15) is 23.5 Å². The van der Waals surface area contributed by atoms with Gasteiger partial charge >= 0.3 is 0 Å². The van der Waals surface area contributed by atoms with Crippen LogP contribution < -0.4 is 26.8 Å². The second-order valence-corrected chi connectivity index (χ2v) is 18.0. The third-order valence-corrected chi connectivity index (χ3v) is 9.09. The van der Waals surface area contributed by atoms with Crippen LogP contribution in [0.25, 0.3) is 22.3 Å². The van der Waals surface area contributed by atoms with E-state index in [-0.39, 0.29) is 27.7 Å². The normalized spacial score (nSPS) is 11.7. The van der Waals surface area contributed by atoms with E-state index in [1.165, 1.54) is 0 Å². The third-order valence-electron chi connectivity index (χ3n) is 8.51. The lowest BCUT2D eigenvalue weighted by Crippen LogP contribution is -2.24. The molecule has 0 saturated heterocycles. The van der Waals surface area contributed by atoms with Crippen molar-refractivity contribution in [3.05, 3.63) is 62.9 Å². The van der Waals surface area contributed by atoms with Crippen LogP contribution in [-0.2, 0) is 22.2 Å². The maximum absolute atomic E-state index is 11.7. The van der Waals surface area contributed by atoms with Crippen LogP contribution in [-0.4, -0.2) is 86.3 Å². The lowest BCUT2D eigenvalue weighted by atomic mass is 10.1. The fourth-order valence-electron chi connectivity index (χ4n) is 5.36. The molecule has 0 amide bonds. The number of hydrogen-bond acceptors (Lipinski definition) is 14. The van der Waals surface area contributed by atoms with E-state index in [1.807, 2.05) is 85.6 Å². The molecule has 6 heterocycles. The molecule has 0 aliphatic rings. The van der Waals surface area contributed by atoms with Gasteiger partial charge in [-0.1, -0.05) is 0 Å². The molecule has 58 heavy (non-hydrogen) atoms. The molecule has 0 aliphatic carbocycles. The van der Waals surface area contributed by atoms with Gasteiger partial charge in [-0.2, -0.15) is 4.98 Å². The number of nitrogens with one attached hydrogen (secondary N) is 5. The van der Waals surface area contributed by atoms with E-state index in [0.717, 1.165) is 34.2 Å². The first kappa shape index (κ1) is 47.1. The molecule has 316 valence electrons. The summed E-state index contributed by atoms with van der Waals surface area (Å²) in [5.74, 6) is 2.88. The van der Waals surface area contributed by atoms with Crippen molar-refractivity contribution in [1.82, 2.24) is 58.1 Å². The van der Waals surface area contributed by atoms with Gasteiger partial charge in [0.25, 0.3) is 5.56 Å². The highest BCUT2D eigenvalue weighted by Gasteiger charge is 2.20. The maximum atomic E-state index is 11.7. The summed E-state index contributed by atoms with van der Waals surface area (Å²) in [4.78, 5) is 44.0. The Bertz CT molecular complexity index is 2480. The second kappa shape index (κ2) is 18.5. The maximum Gasteiger partial charge on any atom is 0.280 e. The van der Waals surface area contributed by atoms with Crippen LogP contribution in [0.4, 0.5) is 23.4 Å². The van der Waals surface area contributed by atoms with Crippen LogP contribution in [0.15, 0.2) is 42.2 Å². The summed E-state index contributed by atoms with van der Waals surface area (Å²) in [5, 5.41) is 11.8. The monoisotopic (exact) mass is 834 g/mol. The molecule has 0 saturated carbocycles. The van der Waals surface area contributed by atoms with Gasteiger partial charge in [-0.3, -0.25) is 9.78 Å². The first-order valence-corrected chi connectivity index (χ1v) is 19.7. The average Bonchev–Trinajstić information content (AvgIpc) is 3.78. The van der Waals surface area contributed by atoms with Crippen LogP contribution in [0.5, 0.6) is 0 Å².